The van der Waals surface area contributed by atoms with Crippen molar-refractivity contribution in [3.05, 3.63) is 0 Å². The van der Waals surface area contributed by atoms with E-state index in [4.69, 9.17) is 0 Å². The molecule has 70 valence electrons. The molecular weight excluding hydrogens is 148 g/mol. The third-order valence-electron chi connectivity index (χ3n) is 1.84. The Bertz CT molecular complexity index is 187. The Hall–Kier alpha value is -0.530. The van der Waals surface area contributed by atoms with Crippen LogP contribution in [0.15, 0.2) is 4.99 Å². The summed E-state index contributed by atoms with van der Waals surface area (Å²) in [6.45, 7) is 13.3. The molecule has 1 rings (SSSR count). The van der Waals surface area contributed by atoms with E-state index in [1.807, 2.05) is 6.34 Å². The molecule has 0 aliphatic carbocycles. The molecule has 0 aromatic carbocycles. The van der Waals surface area contributed by atoms with Gasteiger partial charge < -0.3 is 4.90 Å². The molecule has 0 aromatic rings. The van der Waals surface area contributed by atoms with Crippen molar-refractivity contribution in [2.75, 3.05) is 13.1 Å². The van der Waals surface area contributed by atoms with Crippen molar-refractivity contribution in [1.82, 2.24) is 4.90 Å². The van der Waals surface area contributed by atoms with E-state index < -0.39 is 0 Å². The number of rotatable bonds is 1. The lowest BCUT2D eigenvalue weighted by molar-refractivity contribution is 0.269. The molecule has 0 saturated carbocycles. The summed E-state index contributed by atoms with van der Waals surface area (Å²) in [6.07, 6.45) is 1.99. The Labute approximate surface area is 75.7 Å². The van der Waals surface area contributed by atoms with Gasteiger partial charge in [-0.15, -0.1) is 0 Å². The molecule has 2 nitrogen and oxygen atoms in total. The summed E-state index contributed by atoms with van der Waals surface area (Å²) in [4.78, 5) is 6.74. The maximum atomic E-state index is 4.43. The van der Waals surface area contributed by atoms with Crippen molar-refractivity contribution in [1.29, 1.82) is 0 Å². The van der Waals surface area contributed by atoms with Gasteiger partial charge in [0.05, 0.1) is 11.9 Å². The first-order chi connectivity index (χ1) is 5.29. The van der Waals surface area contributed by atoms with Gasteiger partial charge in [-0.25, -0.2) is 0 Å². The van der Waals surface area contributed by atoms with Crippen LogP contribution >= 0.6 is 0 Å². The van der Waals surface area contributed by atoms with Crippen LogP contribution in [0.1, 0.15) is 34.6 Å². The fraction of sp³-hybridized carbons (Fsp3) is 0.900. The summed E-state index contributed by atoms with van der Waals surface area (Å²) in [5.41, 5.74) is 0.498. The van der Waals surface area contributed by atoms with Gasteiger partial charge in [-0.1, -0.05) is 20.8 Å². The lowest BCUT2D eigenvalue weighted by Gasteiger charge is -2.27. The topological polar surface area (TPSA) is 15.6 Å². The quantitative estimate of drug-likeness (QED) is 0.586. The fourth-order valence-electron chi connectivity index (χ4n) is 1.52. The van der Waals surface area contributed by atoms with E-state index in [-0.39, 0.29) is 5.54 Å². The molecule has 0 saturated heterocycles. The van der Waals surface area contributed by atoms with E-state index in [9.17, 15) is 0 Å². The van der Waals surface area contributed by atoms with Crippen LogP contribution in [-0.2, 0) is 0 Å². The van der Waals surface area contributed by atoms with Gasteiger partial charge in [-0.05, 0) is 19.3 Å². The van der Waals surface area contributed by atoms with Crippen molar-refractivity contribution in [3.63, 3.8) is 0 Å². The van der Waals surface area contributed by atoms with Crippen LogP contribution in [0.25, 0.3) is 0 Å². The van der Waals surface area contributed by atoms with Crippen molar-refractivity contribution in [2.24, 2.45) is 10.4 Å². The highest BCUT2D eigenvalue weighted by atomic mass is 15.2. The van der Waals surface area contributed by atoms with Crippen LogP contribution in [0.5, 0.6) is 0 Å². The highest BCUT2D eigenvalue weighted by Gasteiger charge is 2.26. The SMILES string of the molecule is CC(C)(C)CN1C=NC(C)(C)C1. The smallest absolute Gasteiger partial charge is 0.0858 e. The minimum absolute atomic E-state index is 0.130. The van der Waals surface area contributed by atoms with E-state index in [2.05, 4.69) is 44.5 Å². The lowest BCUT2D eigenvalue weighted by atomic mass is 9.96. The van der Waals surface area contributed by atoms with E-state index in [1.54, 1.807) is 0 Å². The van der Waals surface area contributed by atoms with Crippen molar-refractivity contribution in [3.8, 4) is 0 Å². The first-order valence-electron chi connectivity index (χ1n) is 4.58. The molecule has 1 aliphatic heterocycles. The van der Waals surface area contributed by atoms with Gasteiger partial charge in [0, 0.05) is 13.1 Å². The summed E-state index contributed by atoms with van der Waals surface area (Å²) < 4.78 is 0. The van der Waals surface area contributed by atoms with Gasteiger partial charge in [0.2, 0.25) is 0 Å². The zero-order valence-corrected chi connectivity index (χ0v) is 8.89. The maximum Gasteiger partial charge on any atom is 0.0858 e. The standard InChI is InChI=1S/C10H20N2/c1-9(2,3)6-12-7-10(4,5)11-8-12/h8H,6-7H2,1-5H3. The minimum Gasteiger partial charge on any atom is -0.360 e. The molecule has 12 heavy (non-hydrogen) atoms. The molecule has 1 heterocycles. The number of nitrogens with zero attached hydrogens (tertiary/aromatic N) is 2. The lowest BCUT2D eigenvalue weighted by Crippen LogP contribution is -2.34. The zero-order valence-electron chi connectivity index (χ0n) is 8.89. The second-order valence-corrected chi connectivity index (χ2v) is 5.52. The molecule has 0 radical (unpaired) electrons. The first-order valence-corrected chi connectivity index (χ1v) is 4.58. The fourth-order valence-corrected chi connectivity index (χ4v) is 1.52. The van der Waals surface area contributed by atoms with Crippen LogP contribution in [0.3, 0.4) is 0 Å². The molecule has 0 spiro atoms. The van der Waals surface area contributed by atoms with Crippen LogP contribution < -0.4 is 0 Å². The monoisotopic (exact) mass is 168 g/mol. The molecule has 0 unspecified atom stereocenters. The average Bonchev–Trinajstić information content (AvgIpc) is 2.05. The summed E-state index contributed by atoms with van der Waals surface area (Å²) in [5, 5.41) is 0. The predicted molar refractivity (Wildman–Crippen MR) is 53.6 cm³/mol. The number of hydrogen-bond donors (Lipinski definition) is 0. The molecule has 0 fully saturated rings. The van der Waals surface area contributed by atoms with Gasteiger partial charge in [-0.3, -0.25) is 4.99 Å². The minimum atomic E-state index is 0.130. The van der Waals surface area contributed by atoms with Gasteiger partial charge in [0.25, 0.3) is 0 Å². The predicted octanol–water partition coefficient (Wildman–Crippen LogP) is 2.16. The molecular formula is C10H20N2. The zero-order chi connectivity index (χ0) is 9.41. The van der Waals surface area contributed by atoms with Gasteiger partial charge in [0.1, 0.15) is 0 Å². The van der Waals surface area contributed by atoms with Crippen molar-refractivity contribution >= 4 is 6.34 Å². The van der Waals surface area contributed by atoms with Gasteiger partial charge in [-0.2, -0.15) is 0 Å². The van der Waals surface area contributed by atoms with E-state index in [1.165, 1.54) is 0 Å². The summed E-state index contributed by atoms with van der Waals surface area (Å²) >= 11 is 0. The second kappa shape index (κ2) is 2.75. The molecule has 0 atom stereocenters. The molecule has 0 amide bonds. The van der Waals surface area contributed by atoms with Crippen LogP contribution in [0, 0.1) is 5.41 Å². The van der Waals surface area contributed by atoms with E-state index in [0.29, 0.717) is 5.41 Å². The molecule has 1 aliphatic rings. The van der Waals surface area contributed by atoms with Gasteiger partial charge in [0.15, 0.2) is 0 Å². The van der Waals surface area contributed by atoms with Crippen molar-refractivity contribution in [2.45, 2.75) is 40.2 Å². The van der Waals surface area contributed by atoms with Crippen LogP contribution in [-0.4, -0.2) is 29.9 Å². The average molecular weight is 168 g/mol. The summed E-state index contributed by atoms with van der Waals surface area (Å²) in [7, 11) is 0. The third-order valence-corrected chi connectivity index (χ3v) is 1.84. The van der Waals surface area contributed by atoms with Crippen LogP contribution in [0.2, 0.25) is 0 Å². The molecule has 0 bridgehead atoms. The highest BCUT2D eigenvalue weighted by molar-refractivity contribution is 5.58. The number of aliphatic imine (C=N–C) groups is 1. The highest BCUT2D eigenvalue weighted by Crippen LogP contribution is 2.21. The third kappa shape index (κ3) is 2.84. The van der Waals surface area contributed by atoms with Crippen molar-refractivity contribution < 1.29 is 0 Å². The van der Waals surface area contributed by atoms with Crippen LogP contribution in [0.4, 0.5) is 0 Å². The maximum absolute atomic E-state index is 4.43. The number of hydrogen-bond acceptors (Lipinski definition) is 2. The largest absolute Gasteiger partial charge is 0.360 e. The Morgan fingerprint density at radius 2 is 2.00 bits per heavy atom. The van der Waals surface area contributed by atoms with E-state index in [0.717, 1.165) is 13.1 Å². The Morgan fingerprint density at radius 1 is 1.42 bits per heavy atom. The normalized spacial score (nSPS) is 21.9. The van der Waals surface area contributed by atoms with Gasteiger partial charge >= 0.3 is 0 Å². The molecule has 2 heteroatoms. The second-order valence-electron chi connectivity index (χ2n) is 5.52. The summed E-state index contributed by atoms with van der Waals surface area (Å²) in [5.74, 6) is 0. The molecule has 0 N–H and O–H groups in total. The summed E-state index contributed by atoms with van der Waals surface area (Å²) in [6, 6.07) is 0. The Balaban J connectivity index is 2.45. The Kier molecular flexibility index (Phi) is 2.19. The molecule has 0 aromatic heterocycles. The first kappa shape index (κ1) is 9.56. The Morgan fingerprint density at radius 3 is 2.33 bits per heavy atom. The van der Waals surface area contributed by atoms with E-state index >= 15 is 0 Å².